The van der Waals surface area contributed by atoms with E-state index in [2.05, 4.69) is 0 Å². The quantitative estimate of drug-likeness (QED) is 0.553. The fraction of sp³-hybridized carbons (Fsp3) is 0.0667. The lowest BCUT2D eigenvalue weighted by Gasteiger charge is -2.14. The van der Waals surface area contributed by atoms with Gasteiger partial charge in [-0.25, -0.2) is 9.59 Å². The molecule has 0 atom stereocenters. The highest BCUT2D eigenvalue weighted by Crippen LogP contribution is 2.38. The van der Waals surface area contributed by atoms with E-state index in [1.165, 1.54) is 31.4 Å². The van der Waals surface area contributed by atoms with Crippen molar-refractivity contribution in [2.75, 3.05) is 7.11 Å². The van der Waals surface area contributed by atoms with E-state index in [1.807, 2.05) is 0 Å². The SMILES string of the molecule is COc1c(Cl)ccc(Cl)c1C(=O)Oc1c(Cl)ccc(Cl)c1C(=O)O. The molecule has 9 heteroatoms. The maximum atomic E-state index is 12.5. The monoisotopic (exact) mass is 408 g/mol. The first-order valence-corrected chi connectivity index (χ1v) is 7.74. The van der Waals surface area contributed by atoms with Crippen molar-refractivity contribution in [1.29, 1.82) is 0 Å². The molecule has 0 aromatic heterocycles. The second kappa shape index (κ2) is 7.49. The van der Waals surface area contributed by atoms with Gasteiger partial charge in [0.15, 0.2) is 11.5 Å². The van der Waals surface area contributed by atoms with E-state index in [4.69, 9.17) is 55.9 Å². The molecule has 24 heavy (non-hydrogen) atoms. The number of carboxylic acid groups (broad SMARTS) is 1. The summed E-state index contributed by atoms with van der Waals surface area (Å²) < 4.78 is 10.2. The second-order valence-electron chi connectivity index (χ2n) is 4.37. The molecule has 2 aromatic carbocycles. The molecule has 0 spiro atoms. The van der Waals surface area contributed by atoms with Gasteiger partial charge in [-0.05, 0) is 24.3 Å². The molecular weight excluding hydrogens is 402 g/mol. The summed E-state index contributed by atoms with van der Waals surface area (Å²) in [7, 11) is 1.30. The number of aromatic carboxylic acids is 1. The molecule has 0 radical (unpaired) electrons. The smallest absolute Gasteiger partial charge is 0.348 e. The molecule has 0 saturated heterocycles. The largest absolute Gasteiger partial charge is 0.494 e. The lowest BCUT2D eigenvalue weighted by Crippen LogP contribution is -2.14. The Morgan fingerprint density at radius 3 is 1.79 bits per heavy atom. The fourth-order valence-corrected chi connectivity index (χ4v) is 2.79. The molecule has 0 aliphatic rings. The van der Waals surface area contributed by atoms with Gasteiger partial charge in [-0.2, -0.15) is 0 Å². The predicted molar refractivity (Wildman–Crippen MR) is 91.4 cm³/mol. The predicted octanol–water partition coefficient (Wildman–Crippen LogP) is 5.23. The molecule has 2 aromatic rings. The first-order chi connectivity index (χ1) is 11.3. The van der Waals surface area contributed by atoms with Crippen LogP contribution in [0.1, 0.15) is 20.7 Å². The van der Waals surface area contributed by atoms with Crippen molar-refractivity contribution in [3.05, 3.63) is 55.5 Å². The minimum absolute atomic E-state index is 0.0100. The third-order valence-corrected chi connectivity index (χ3v) is 4.16. The number of esters is 1. The Kier molecular flexibility index (Phi) is 5.83. The van der Waals surface area contributed by atoms with Gasteiger partial charge in [-0.15, -0.1) is 0 Å². The standard InChI is InChI=1S/C15H8Cl4O5/c1-23-12-8(18)4-3-7(17)11(12)15(22)24-13-9(19)5-2-6(16)10(13)14(20)21/h2-5H,1H3,(H,20,21). The van der Waals surface area contributed by atoms with Crippen LogP contribution in [0, 0.1) is 0 Å². The van der Waals surface area contributed by atoms with Crippen LogP contribution >= 0.6 is 46.4 Å². The molecule has 5 nitrogen and oxygen atoms in total. The van der Waals surface area contributed by atoms with Crippen molar-refractivity contribution in [3.8, 4) is 11.5 Å². The van der Waals surface area contributed by atoms with Crippen molar-refractivity contribution in [3.63, 3.8) is 0 Å². The first-order valence-electron chi connectivity index (χ1n) is 6.23. The molecule has 2 rings (SSSR count). The average Bonchev–Trinajstić information content (AvgIpc) is 2.52. The molecule has 0 saturated carbocycles. The Morgan fingerprint density at radius 2 is 1.29 bits per heavy atom. The van der Waals surface area contributed by atoms with E-state index in [0.717, 1.165) is 0 Å². The zero-order chi connectivity index (χ0) is 18.0. The van der Waals surface area contributed by atoms with E-state index in [1.54, 1.807) is 0 Å². The molecule has 0 fully saturated rings. The van der Waals surface area contributed by atoms with Crippen molar-refractivity contribution in [2.24, 2.45) is 0 Å². The summed E-state index contributed by atoms with van der Waals surface area (Å²) in [6, 6.07) is 5.39. The maximum Gasteiger partial charge on any atom is 0.348 e. The number of benzene rings is 2. The van der Waals surface area contributed by atoms with Gasteiger partial charge in [0.2, 0.25) is 0 Å². The highest BCUT2D eigenvalue weighted by molar-refractivity contribution is 6.38. The van der Waals surface area contributed by atoms with Crippen LogP contribution in [0.15, 0.2) is 24.3 Å². The summed E-state index contributed by atoms with van der Waals surface area (Å²) in [5.74, 6) is -2.82. The molecular formula is C15H8Cl4O5. The van der Waals surface area contributed by atoms with Gasteiger partial charge >= 0.3 is 11.9 Å². The van der Waals surface area contributed by atoms with Gasteiger partial charge in [0, 0.05) is 0 Å². The topological polar surface area (TPSA) is 72.8 Å². The van der Waals surface area contributed by atoms with Crippen molar-refractivity contribution in [1.82, 2.24) is 0 Å². The number of hydrogen-bond acceptors (Lipinski definition) is 4. The molecule has 0 aliphatic carbocycles. The molecule has 0 amide bonds. The van der Waals surface area contributed by atoms with Crippen LogP contribution in [0.3, 0.4) is 0 Å². The minimum Gasteiger partial charge on any atom is -0.494 e. The Labute approximate surface area is 156 Å². The van der Waals surface area contributed by atoms with E-state index < -0.39 is 23.3 Å². The van der Waals surface area contributed by atoms with E-state index in [0.29, 0.717) is 0 Å². The van der Waals surface area contributed by atoms with Crippen LogP contribution in [0.2, 0.25) is 20.1 Å². The number of halogens is 4. The van der Waals surface area contributed by atoms with Crippen molar-refractivity contribution < 1.29 is 24.2 Å². The summed E-state index contributed by atoms with van der Waals surface area (Å²) >= 11 is 23.7. The third kappa shape index (κ3) is 3.54. The number of carbonyl (C=O) groups excluding carboxylic acids is 1. The Hall–Kier alpha value is -1.66. The van der Waals surface area contributed by atoms with Crippen LogP contribution in [0.4, 0.5) is 0 Å². The summed E-state index contributed by atoms with van der Waals surface area (Å²) in [4.78, 5) is 23.8. The summed E-state index contributed by atoms with van der Waals surface area (Å²) in [5.41, 5.74) is -0.617. The van der Waals surface area contributed by atoms with Crippen LogP contribution < -0.4 is 9.47 Å². The van der Waals surface area contributed by atoms with Crippen LogP contribution in [-0.2, 0) is 0 Å². The van der Waals surface area contributed by atoms with Gasteiger partial charge in [-0.1, -0.05) is 46.4 Å². The first kappa shape index (κ1) is 18.7. The van der Waals surface area contributed by atoms with E-state index in [9.17, 15) is 14.7 Å². The van der Waals surface area contributed by atoms with Gasteiger partial charge < -0.3 is 14.6 Å². The van der Waals surface area contributed by atoms with Gasteiger partial charge in [-0.3, -0.25) is 0 Å². The van der Waals surface area contributed by atoms with Crippen LogP contribution in [0.25, 0.3) is 0 Å². The molecule has 0 heterocycles. The van der Waals surface area contributed by atoms with Crippen molar-refractivity contribution in [2.45, 2.75) is 0 Å². The summed E-state index contributed by atoms with van der Waals surface area (Å²) in [5, 5.41) is 9.14. The molecule has 126 valence electrons. The number of carboxylic acids is 1. The van der Waals surface area contributed by atoms with Gasteiger partial charge in [0.05, 0.1) is 27.2 Å². The number of carbonyl (C=O) groups is 2. The van der Waals surface area contributed by atoms with E-state index >= 15 is 0 Å². The van der Waals surface area contributed by atoms with Crippen LogP contribution in [0.5, 0.6) is 11.5 Å². The molecule has 0 bridgehead atoms. The molecule has 0 unspecified atom stereocenters. The highest BCUT2D eigenvalue weighted by atomic mass is 35.5. The lowest BCUT2D eigenvalue weighted by atomic mass is 10.1. The normalized spacial score (nSPS) is 10.4. The molecule has 0 aliphatic heterocycles. The van der Waals surface area contributed by atoms with Gasteiger partial charge in [0.25, 0.3) is 0 Å². The molecule has 1 N–H and O–H groups in total. The zero-order valence-corrected chi connectivity index (χ0v) is 14.9. The number of methoxy groups -OCH3 is 1. The summed E-state index contributed by atoms with van der Waals surface area (Å²) in [6.45, 7) is 0. The maximum absolute atomic E-state index is 12.5. The Bertz CT molecular complexity index is 835. The minimum atomic E-state index is -1.41. The number of hydrogen-bond donors (Lipinski definition) is 1. The average molecular weight is 410 g/mol. The van der Waals surface area contributed by atoms with Crippen LogP contribution in [-0.4, -0.2) is 24.2 Å². The number of ether oxygens (including phenoxy) is 2. The van der Waals surface area contributed by atoms with Crippen molar-refractivity contribution >= 4 is 58.3 Å². The Balaban J connectivity index is 2.55. The fourth-order valence-electron chi connectivity index (χ4n) is 1.90. The second-order valence-corrected chi connectivity index (χ2v) is 5.99. The third-order valence-electron chi connectivity index (χ3n) is 2.93. The lowest BCUT2D eigenvalue weighted by molar-refractivity contribution is 0.0681. The Morgan fingerprint density at radius 1 is 0.833 bits per heavy atom. The summed E-state index contributed by atoms with van der Waals surface area (Å²) in [6.07, 6.45) is 0. The van der Waals surface area contributed by atoms with Gasteiger partial charge in [0.1, 0.15) is 11.1 Å². The van der Waals surface area contributed by atoms with E-state index in [-0.39, 0.29) is 31.4 Å². The number of rotatable bonds is 4. The zero-order valence-electron chi connectivity index (χ0n) is 11.9. The highest BCUT2D eigenvalue weighted by Gasteiger charge is 2.26.